The molecule has 2 aromatic heterocycles. The van der Waals surface area contributed by atoms with Crippen molar-refractivity contribution in [2.45, 2.75) is 6.43 Å². The van der Waals surface area contributed by atoms with Crippen molar-refractivity contribution in [3.8, 4) is 11.1 Å². The van der Waals surface area contributed by atoms with Gasteiger partial charge in [-0.3, -0.25) is 0 Å². The molecule has 0 atom stereocenters. The van der Waals surface area contributed by atoms with Crippen molar-refractivity contribution in [3.05, 3.63) is 34.2 Å². The second-order valence-electron chi connectivity index (χ2n) is 3.48. The first-order valence-corrected chi connectivity index (χ1v) is 5.73. The van der Waals surface area contributed by atoms with E-state index >= 15 is 0 Å². The largest absolute Gasteiger partial charge is 0.476 e. The summed E-state index contributed by atoms with van der Waals surface area (Å²) in [5.41, 5.74) is 5.84. The van der Waals surface area contributed by atoms with E-state index in [0.29, 0.717) is 5.56 Å². The number of nitrogens with zero attached hydrogens (tertiary/aromatic N) is 1. The van der Waals surface area contributed by atoms with Crippen LogP contribution in [-0.4, -0.2) is 16.1 Å². The quantitative estimate of drug-likeness (QED) is 0.898. The molecule has 0 aliphatic rings. The van der Waals surface area contributed by atoms with Crippen LogP contribution < -0.4 is 5.73 Å². The smallest absolute Gasteiger partial charge is 0.355 e. The van der Waals surface area contributed by atoms with E-state index in [9.17, 15) is 13.6 Å². The van der Waals surface area contributed by atoms with Gasteiger partial charge in [0, 0.05) is 5.56 Å². The Hall–Kier alpha value is -2.02. The van der Waals surface area contributed by atoms with Crippen LogP contribution in [0.1, 0.15) is 21.8 Å². The van der Waals surface area contributed by atoms with E-state index in [2.05, 4.69) is 4.98 Å². The third-order valence-electron chi connectivity index (χ3n) is 2.27. The van der Waals surface area contributed by atoms with Gasteiger partial charge in [-0.1, -0.05) is 0 Å². The topological polar surface area (TPSA) is 76.2 Å². The number of anilines is 1. The average Bonchev–Trinajstić information content (AvgIpc) is 2.78. The normalized spacial score (nSPS) is 10.8. The maximum atomic E-state index is 12.5. The van der Waals surface area contributed by atoms with Gasteiger partial charge in [-0.05, 0) is 29.1 Å². The number of aromatic nitrogens is 1. The molecule has 94 valence electrons. The molecular formula is C11H8F2N2O2S. The van der Waals surface area contributed by atoms with Crippen LogP contribution in [-0.2, 0) is 0 Å². The van der Waals surface area contributed by atoms with Gasteiger partial charge in [0.2, 0.25) is 0 Å². The van der Waals surface area contributed by atoms with E-state index in [-0.39, 0.29) is 22.0 Å². The monoisotopic (exact) mass is 270 g/mol. The number of thiophene rings is 1. The standard InChI is InChI=1S/C11H8F2N2O2S/c12-10(13)7-3-5(4-18-7)6-1-2-8(14)15-9(6)11(16)17/h1-4,10H,(H2,14,15)(H,16,17). The zero-order chi connectivity index (χ0) is 13.3. The molecule has 7 heteroatoms. The van der Waals surface area contributed by atoms with E-state index in [1.54, 1.807) is 0 Å². The molecule has 0 aliphatic heterocycles. The zero-order valence-corrected chi connectivity index (χ0v) is 9.75. The van der Waals surface area contributed by atoms with Gasteiger partial charge in [0.25, 0.3) is 6.43 Å². The predicted octanol–water partition coefficient (Wildman–Crippen LogP) is 3.03. The molecule has 2 rings (SSSR count). The molecule has 0 unspecified atom stereocenters. The van der Waals surface area contributed by atoms with E-state index < -0.39 is 12.4 Å². The number of hydrogen-bond donors (Lipinski definition) is 2. The van der Waals surface area contributed by atoms with Crippen LogP contribution in [0.25, 0.3) is 11.1 Å². The van der Waals surface area contributed by atoms with Crippen molar-refractivity contribution >= 4 is 23.1 Å². The fourth-order valence-corrected chi connectivity index (χ4v) is 2.23. The van der Waals surface area contributed by atoms with Crippen LogP contribution in [0, 0.1) is 0 Å². The highest BCUT2D eigenvalue weighted by Crippen LogP contribution is 2.33. The van der Waals surface area contributed by atoms with Crippen molar-refractivity contribution in [1.29, 1.82) is 0 Å². The summed E-state index contributed by atoms with van der Waals surface area (Å²) in [4.78, 5) is 14.6. The lowest BCUT2D eigenvalue weighted by Crippen LogP contribution is -2.05. The number of nitrogens with two attached hydrogens (primary N) is 1. The van der Waals surface area contributed by atoms with Crippen LogP contribution in [0.2, 0.25) is 0 Å². The van der Waals surface area contributed by atoms with Gasteiger partial charge in [0.15, 0.2) is 5.69 Å². The minimum Gasteiger partial charge on any atom is -0.476 e. The molecule has 0 bridgehead atoms. The summed E-state index contributed by atoms with van der Waals surface area (Å²) in [6.07, 6.45) is -2.57. The third kappa shape index (κ3) is 2.30. The van der Waals surface area contributed by atoms with Crippen LogP contribution in [0.3, 0.4) is 0 Å². The van der Waals surface area contributed by atoms with Crippen LogP contribution in [0.15, 0.2) is 23.6 Å². The number of carboxylic acids is 1. The molecule has 0 radical (unpaired) electrons. The minimum absolute atomic E-state index is 0.0699. The Morgan fingerprint density at radius 2 is 2.17 bits per heavy atom. The summed E-state index contributed by atoms with van der Waals surface area (Å²) >= 11 is 0.875. The van der Waals surface area contributed by atoms with Gasteiger partial charge in [0.05, 0.1) is 4.88 Å². The number of halogens is 2. The van der Waals surface area contributed by atoms with Gasteiger partial charge >= 0.3 is 5.97 Å². The molecule has 0 saturated heterocycles. The Bertz CT molecular complexity index is 598. The van der Waals surface area contributed by atoms with Gasteiger partial charge in [-0.25, -0.2) is 18.6 Å². The number of rotatable bonds is 3. The Morgan fingerprint density at radius 1 is 1.44 bits per heavy atom. The fourth-order valence-electron chi connectivity index (χ4n) is 1.48. The van der Waals surface area contributed by atoms with Crippen LogP contribution >= 0.6 is 11.3 Å². The van der Waals surface area contributed by atoms with E-state index in [4.69, 9.17) is 10.8 Å². The number of aromatic carboxylic acids is 1. The second kappa shape index (κ2) is 4.69. The first-order valence-electron chi connectivity index (χ1n) is 4.86. The van der Waals surface area contributed by atoms with Crippen molar-refractivity contribution in [1.82, 2.24) is 4.98 Å². The minimum atomic E-state index is -2.57. The molecule has 0 fully saturated rings. The summed E-state index contributed by atoms with van der Waals surface area (Å²) in [5, 5.41) is 10.5. The number of nitrogen functional groups attached to an aromatic ring is 1. The molecule has 0 aromatic carbocycles. The molecular weight excluding hydrogens is 262 g/mol. The lowest BCUT2D eigenvalue weighted by atomic mass is 10.1. The highest BCUT2D eigenvalue weighted by atomic mass is 32.1. The Labute approximate surface area is 105 Å². The predicted molar refractivity (Wildman–Crippen MR) is 63.9 cm³/mol. The Balaban J connectivity index is 2.52. The highest BCUT2D eigenvalue weighted by Gasteiger charge is 2.17. The molecule has 0 aliphatic carbocycles. The maximum absolute atomic E-state index is 12.5. The van der Waals surface area contributed by atoms with Crippen LogP contribution in [0.5, 0.6) is 0 Å². The number of carboxylic acid groups (broad SMARTS) is 1. The second-order valence-corrected chi connectivity index (χ2v) is 4.42. The summed E-state index contributed by atoms with van der Waals surface area (Å²) in [7, 11) is 0. The van der Waals surface area contributed by atoms with Gasteiger partial charge in [-0.15, -0.1) is 11.3 Å². The molecule has 3 N–H and O–H groups in total. The summed E-state index contributed by atoms with van der Waals surface area (Å²) in [6.45, 7) is 0. The molecule has 2 heterocycles. The van der Waals surface area contributed by atoms with Crippen molar-refractivity contribution < 1.29 is 18.7 Å². The first-order chi connectivity index (χ1) is 8.49. The highest BCUT2D eigenvalue weighted by molar-refractivity contribution is 7.10. The van der Waals surface area contributed by atoms with Gasteiger partial charge in [-0.2, -0.15) is 0 Å². The number of hydrogen-bond acceptors (Lipinski definition) is 4. The fraction of sp³-hybridized carbons (Fsp3) is 0.0909. The Kier molecular flexibility index (Phi) is 3.24. The van der Waals surface area contributed by atoms with Crippen molar-refractivity contribution in [2.24, 2.45) is 0 Å². The molecule has 0 spiro atoms. The molecule has 0 amide bonds. The summed E-state index contributed by atoms with van der Waals surface area (Å²) in [5.74, 6) is -1.18. The molecule has 2 aromatic rings. The number of pyridine rings is 1. The maximum Gasteiger partial charge on any atom is 0.355 e. The third-order valence-corrected chi connectivity index (χ3v) is 3.21. The summed E-state index contributed by atoms with van der Waals surface area (Å²) in [6, 6.07) is 4.15. The Morgan fingerprint density at radius 3 is 2.72 bits per heavy atom. The van der Waals surface area contributed by atoms with Crippen molar-refractivity contribution in [3.63, 3.8) is 0 Å². The average molecular weight is 270 g/mol. The lowest BCUT2D eigenvalue weighted by molar-refractivity contribution is 0.0691. The SMILES string of the molecule is Nc1ccc(-c2csc(C(F)F)c2)c(C(=O)O)n1. The van der Waals surface area contributed by atoms with Gasteiger partial charge in [0.1, 0.15) is 5.82 Å². The molecule has 4 nitrogen and oxygen atoms in total. The molecule has 18 heavy (non-hydrogen) atoms. The van der Waals surface area contributed by atoms with E-state index in [1.807, 2.05) is 0 Å². The zero-order valence-electron chi connectivity index (χ0n) is 8.93. The number of carbonyl (C=O) groups is 1. The van der Waals surface area contributed by atoms with Gasteiger partial charge < -0.3 is 10.8 Å². The number of alkyl halides is 2. The summed E-state index contributed by atoms with van der Waals surface area (Å²) < 4.78 is 25.0. The van der Waals surface area contributed by atoms with Crippen LogP contribution in [0.4, 0.5) is 14.6 Å². The van der Waals surface area contributed by atoms with Crippen molar-refractivity contribution in [2.75, 3.05) is 5.73 Å². The van der Waals surface area contributed by atoms with E-state index in [1.165, 1.54) is 23.6 Å². The molecule has 0 saturated carbocycles. The van der Waals surface area contributed by atoms with E-state index in [0.717, 1.165) is 11.3 Å². The first kappa shape index (κ1) is 12.4. The lowest BCUT2D eigenvalue weighted by Gasteiger charge is -2.03.